The normalized spacial score (nSPS) is 15.1. The molecule has 1 unspecified atom stereocenters. The van der Waals surface area contributed by atoms with Crippen molar-refractivity contribution in [3.8, 4) is 0 Å². The Bertz CT molecular complexity index is 1380. The molecule has 0 aliphatic carbocycles. The van der Waals surface area contributed by atoms with E-state index in [0.717, 1.165) is 5.56 Å². The van der Waals surface area contributed by atoms with Gasteiger partial charge in [-0.3, -0.25) is 19.6 Å². The minimum Gasteiger partial charge on any atom is -0.478 e. The fourth-order valence-corrected chi connectivity index (χ4v) is 4.66. The van der Waals surface area contributed by atoms with Crippen LogP contribution in [0.4, 0.5) is 11.5 Å². The number of carboxylic acids is 1. The smallest absolute Gasteiger partial charge is 0.335 e. The van der Waals surface area contributed by atoms with E-state index < -0.39 is 16.9 Å². The lowest BCUT2D eigenvalue weighted by atomic mass is 9.95. The van der Waals surface area contributed by atoms with Crippen molar-refractivity contribution in [1.29, 1.82) is 0 Å². The highest BCUT2D eigenvalue weighted by Crippen LogP contribution is 2.41. The van der Waals surface area contributed by atoms with E-state index in [0.29, 0.717) is 24.6 Å². The summed E-state index contributed by atoms with van der Waals surface area (Å²) in [6.07, 6.45) is 0. The number of carboxylic acid groups (broad SMARTS) is 1. The van der Waals surface area contributed by atoms with Crippen LogP contribution in [0.2, 0.25) is 5.02 Å². The number of fused-ring (bicyclic) bond motifs is 1. The molecule has 0 radical (unpaired) electrons. The van der Waals surface area contributed by atoms with E-state index in [2.05, 4.69) is 5.32 Å². The Kier molecular flexibility index (Phi) is 6.77. The number of aromatic nitrogens is 2. The Balaban J connectivity index is 1.76. The molecule has 10 nitrogen and oxygen atoms in total. The third kappa shape index (κ3) is 4.71. The first kappa shape index (κ1) is 24.2. The van der Waals surface area contributed by atoms with Gasteiger partial charge in [-0.05, 0) is 19.5 Å². The molecule has 2 heterocycles. The lowest BCUT2D eigenvalue weighted by molar-refractivity contribution is -0.384. The molecule has 0 fully saturated rings. The van der Waals surface area contributed by atoms with Crippen LogP contribution in [-0.2, 0) is 17.9 Å². The number of likely N-dealkylation sites (N-methyl/N-ethyl adjacent to an activating group) is 1. The topological polar surface area (TPSA) is 123 Å². The quantitative estimate of drug-likeness (QED) is 0.359. The fourth-order valence-electron chi connectivity index (χ4n) is 4.36. The molecule has 35 heavy (non-hydrogen) atoms. The van der Waals surface area contributed by atoms with Crippen molar-refractivity contribution in [3.63, 3.8) is 0 Å². The van der Waals surface area contributed by atoms with Crippen LogP contribution in [0.15, 0.2) is 70.7 Å². The maximum atomic E-state index is 13.0. The largest absolute Gasteiger partial charge is 0.478 e. The van der Waals surface area contributed by atoms with Crippen LogP contribution in [0.5, 0.6) is 0 Å². The summed E-state index contributed by atoms with van der Waals surface area (Å²) < 4.78 is 2.97. The molecule has 0 saturated carbocycles. The van der Waals surface area contributed by atoms with Gasteiger partial charge >= 0.3 is 5.97 Å². The highest BCUT2D eigenvalue weighted by molar-refractivity contribution is 6.33. The van der Waals surface area contributed by atoms with Crippen molar-refractivity contribution in [3.05, 3.63) is 102 Å². The number of benzene rings is 2. The molecule has 0 spiro atoms. The number of allylic oxidation sites excluding steroid dienone is 1. The number of hydrogen-bond acceptors (Lipinski definition) is 6. The van der Waals surface area contributed by atoms with E-state index in [1.807, 2.05) is 42.3 Å². The first-order valence-corrected chi connectivity index (χ1v) is 11.3. The van der Waals surface area contributed by atoms with E-state index in [-0.39, 0.29) is 34.0 Å². The number of nitro benzene ring substituents is 1. The molecule has 1 aliphatic rings. The number of aliphatic carboxylic acids is 1. The summed E-state index contributed by atoms with van der Waals surface area (Å²) in [5.74, 6) is -0.835. The van der Waals surface area contributed by atoms with Crippen LogP contribution in [0, 0.1) is 10.1 Å². The van der Waals surface area contributed by atoms with E-state index in [4.69, 9.17) is 11.6 Å². The molecule has 4 rings (SSSR count). The van der Waals surface area contributed by atoms with Crippen LogP contribution < -0.4 is 10.9 Å². The maximum absolute atomic E-state index is 13.0. The van der Waals surface area contributed by atoms with Crippen molar-refractivity contribution >= 4 is 29.1 Å². The zero-order valence-corrected chi connectivity index (χ0v) is 19.9. The van der Waals surface area contributed by atoms with Gasteiger partial charge in [-0.2, -0.15) is 0 Å². The number of anilines is 1. The van der Waals surface area contributed by atoms with Gasteiger partial charge in [0.05, 0.1) is 17.0 Å². The third-order valence-electron chi connectivity index (χ3n) is 5.98. The molecule has 3 aromatic rings. The second-order valence-corrected chi connectivity index (χ2v) is 8.75. The summed E-state index contributed by atoms with van der Waals surface area (Å²) >= 11 is 6.41. The average Bonchev–Trinajstić information content (AvgIpc) is 3.11. The van der Waals surface area contributed by atoms with Gasteiger partial charge in [-0.1, -0.05) is 54.1 Å². The summed E-state index contributed by atoms with van der Waals surface area (Å²) in [5, 5.41) is 24.3. The van der Waals surface area contributed by atoms with Crippen LogP contribution in [0.3, 0.4) is 0 Å². The standard InChI is InChI=1S/C24H24ClN5O5/c1-15-21(24(32)33)23(17-9-6-10-18(22(17)25)30(34)35)29-19(26-15)13-20(31)28(29)12-11-27(2)14-16-7-4-3-5-8-16/h3-10,13,23,26H,11-12,14H2,1-2H3,(H,32,33). The number of rotatable bonds is 8. The second kappa shape index (κ2) is 9.77. The molecule has 182 valence electrons. The first-order chi connectivity index (χ1) is 16.7. The number of nitrogens with zero attached hydrogens (tertiary/aromatic N) is 4. The monoisotopic (exact) mass is 497 g/mol. The van der Waals surface area contributed by atoms with Gasteiger partial charge in [0.1, 0.15) is 16.9 Å². The van der Waals surface area contributed by atoms with Gasteiger partial charge in [0.2, 0.25) is 0 Å². The molecule has 11 heteroatoms. The van der Waals surface area contributed by atoms with Gasteiger partial charge in [-0.25, -0.2) is 9.48 Å². The Hall–Kier alpha value is -3.89. The van der Waals surface area contributed by atoms with Gasteiger partial charge in [0, 0.05) is 36.5 Å². The lowest BCUT2D eigenvalue weighted by Gasteiger charge is -2.32. The van der Waals surface area contributed by atoms with Gasteiger partial charge < -0.3 is 15.3 Å². The van der Waals surface area contributed by atoms with E-state index >= 15 is 0 Å². The SMILES string of the molecule is CC1=C(C(=O)O)C(c2cccc([N+](=O)[O-])c2Cl)n2c(cc(=O)n2CCN(C)Cc2ccccc2)N1. The molecular weight excluding hydrogens is 474 g/mol. The summed E-state index contributed by atoms with van der Waals surface area (Å²) in [6, 6.07) is 14.5. The molecule has 1 aliphatic heterocycles. The minimum atomic E-state index is -1.22. The van der Waals surface area contributed by atoms with Crippen LogP contribution in [-0.4, -0.2) is 43.9 Å². The predicted molar refractivity (Wildman–Crippen MR) is 132 cm³/mol. The third-order valence-corrected chi connectivity index (χ3v) is 6.39. The van der Waals surface area contributed by atoms with Crippen LogP contribution >= 0.6 is 11.6 Å². The first-order valence-electron chi connectivity index (χ1n) is 10.9. The average molecular weight is 498 g/mol. The summed E-state index contributed by atoms with van der Waals surface area (Å²) in [4.78, 5) is 38.2. The molecule has 0 amide bonds. The fraction of sp³-hybridized carbons (Fsp3) is 0.250. The van der Waals surface area contributed by atoms with Crippen molar-refractivity contribution < 1.29 is 14.8 Å². The van der Waals surface area contributed by atoms with E-state index in [1.165, 1.54) is 27.6 Å². The highest BCUT2D eigenvalue weighted by Gasteiger charge is 2.37. The summed E-state index contributed by atoms with van der Waals surface area (Å²) in [6.45, 7) is 3.01. The molecule has 1 atom stereocenters. The summed E-state index contributed by atoms with van der Waals surface area (Å²) in [5.41, 5.74) is 0.948. The molecule has 1 aromatic heterocycles. The molecule has 0 bridgehead atoms. The number of nitrogens with one attached hydrogen (secondary N) is 1. The van der Waals surface area contributed by atoms with E-state index in [9.17, 15) is 24.8 Å². The van der Waals surface area contributed by atoms with Gasteiger partial charge in [0.15, 0.2) is 0 Å². The molecule has 0 saturated heterocycles. The van der Waals surface area contributed by atoms with Gasteiger partial charge in [0.25, 0.3) is 11.2 Å². The van der Waals surface area contributed by atoms with Crippen LogP contribution in [0.1, 0.15) is 24.1 Å². The van der Waals surface area contributed by atoms with Crippen LogP contribution in [0.25, 0.3) is 0 Å². The Morgan fingerprint density at radius 2 is 1.94 bits per heavy atom. The highest BCUT2D eigenvalue weighted by atomic mass is 35.5. The number of carbonyl (C=O) groups is 1. The van der Waals surface area contributed by atoms with Crippen molar-refractivity contribution in [2.45, 2.75) is 26.1 Å². The van der Waals surface area contributed by atoms with Gasteiger partial charge in [-0.15, -0.1) is 0 Å². The second-order valence-electron chi connectivity index (χ2n) is 8.37. The number of nitro groups is 1. The van der Waals surface area contributed by atoms with Crippen molar-refractivity contribution in [1.82, 2.24) is 14.3 Å². The predicted octanol–water partition coefficient (Wildman–Crippen LogP) is 3.72. The van der Waals surface area contributed by atoms with Crippen molar-refractivity contribution in [2.75, 3.05) is 18.9 Å². The Labute approximate surface area is 205 Å². The zero-order chi connectivity index (χ0) is 25.3. The van der Waals surface area contributed by atoms with E-state index in [1.54, 1.807) is 13.0 Å². The van der Waals surface area contributed by atoms with Crippen molar-refractivity contribution in [2.24, 2.45) is 0 Å². The molecule has 2 aromatic carbocycles. The zero-order valence-electron chi connectivity index (χ0n) is 19.1. The molecular formula is C24H24ClN5O5. The lowest BCUT2D eigenvalue weighted by Crippen LogP contribution is -2.36. The maximum Gasteiger partial charge on any atom is 0.335 e. The minimum absolute atomic E-state index is 0.0538. The Morgan fingerprint density at radius 3 is 2.60 bits per heavy atom. The number of hydrogen-bond donors (Lipinski definition) is 2. The number of halogens is 1. The summed E-state index contributed by atoms with van der Waals surface area (Å²) in [7, 11) is 1.93. The Morgan fingerprint density at radius 1 is 1.23 bits per heavy atom. The molecule has 2 N–H and O–H groups in total.